The van der Waals surface area contributed by atoms with Gasteiger partial charge in [0.05, 0.1) is 26.7 Å². The maximum Gasteiger partial charge on any atom is 0.319 e. The van der Waals surface area contributed by atoms with Gasteiger partial charge in [-0.15, -0.1) is 22.7 Å². The summed E-state index contributed by atoms with van der Waals surface area (Å²) in [7, 11) is 0. The quantitative estimate of drug-likeness (QED) is 0.588. The first kappa shape index (κ1) is 12.9. The molecule has 0 unspecified atom stereocenters. The fraction of sp³-hybridized carbons (Fsp3) is 0.167. The van der Waals surface area contributed by atoms with E-state index in [2.05, 4.69) is 15.3 Å². The highest BCUT2D eigenvalue weighted by Crippen LogP contribution is 2.34. The molecule has 0 amide bonds. The van der Waals surface area contributed by atoms with Crippen LogP contribution < -0.4 is 5.32 Å². The molecular weight excluding hydrogens is 296 g/mol. The minimum Gasteiger partial charge on any atom is -0.374 e. The van der Waals surface area contributed by atoms with E-state index in [0.29, 0.717) is 17.7 Å². The molecule has 0 saturated carbocycles. The monoisotopic (exact) mass is 306 g/mol. The predicted octanol–water partition coefficient (Wildman–Crippen LogP) is 3.58. The van der Waals surface area contributed by atoms with Gasteiger partial charge in [-0.2, -0.15) is 0 Å². The van der Waals surface area contributed by atoms with Crippen molar-refractivity contribution in [3.8, 4) is 0 Å². The Labute approximate surface area is 122 Å². The van der Waals surface area contributed by atoms with Gasteiger partial charge in [0, 0.05) is 11.1 Å². The Bertz CT molecular complexity index is 781. The second kappa shape index (κ2) is 5.14. The van der Waals surface area contributed by atoms with Crippen molar-refractivity contribution in [1.29, 1.82) is 0 Å². The second-order valence-electron chi connectivity index (χ2n) is 4.12. The molecule has 2 heterocycles. The maximum atomic E-state index is 11.3. The molecule has 0 bridgehead atoms. The molecule has 20 heavy (non-hydrogen) atoms. The van der Waals surface area contributed by atoms with E-state index >= 15 is 0 Å². The number of hydrogen-bond donors (Lipinski definition) is 1. The zero-order valence-corrected chi connectivity index (χ0v) is 12.1. The van der Waals surface area contributed by atoms with Crippen LogP contribution >= 0.6 is 22.7 Å². The van der Waals surface area contributed by atoms with Crippen molar-refractivity contribution in [2.75, 3.05) is 5.32 Å². The van der Waals surface area contributed by atoms with E-state index in [0.717, 1.165) is 14.6 Å². The van der Waals surface area contributed by atoms with Crippen molar-refractivity contribution in [2.24, 2.45) is 0 Å². The van der Waals surface area contributed by atoms with Gasteiger partial charge < -0.3 is 5.32 Å². The van der Waals surface area contributed by atoms with E-state index in [9.17, 15) is 10.1 Å². The number of nitrogens with one attached hydrogen (secondary N) is 1. The Morgan fingerprint density at radius 2 is 2.25 bits per heavy atom. The third kappa shape index (κ3) is 2.35. The topological polar surface area (TPSA) is 81.0 Å². The molecule has 102 valence electrons. The highest BCUT2D eigenvalue weighted by Gasteiger charge is 2.20. The van der Waals surface area contributed by atoms with Gasteiger partial charge in [-0.1, -0.05) is 0 Å². The normalized spacial score (nSPS) is 10.8. The zero-order chi connectivity index (χ0) is 14.1. The Kier molecular flexibility index (Phi) is 3.33. The van der Waals surface area contributed by atoms with Crippen LogP contribution in [0.2, 0.25) is 0 Å². The highest BCUT2D eigenvalue weighted by atomic mass is 32.1. The summed E-state index contributed by atoms with van der Waals surface area (Å²) in [6.45, 7) is 2.44. The molecule has 6 nitrogen and oxygen atoms in total. The van der Waals surface area contributed by atoms with Crippen LogP contribution in [0.3, 0.4) is 0 Å². The van der Waals surface area contributed by atoms with Gasteiger partial charge >= 0.3 is 5.69 Å². The molecule has 0 atom stereocenters. The van der Waals surface area contributed by atoms with Crippen LogP contribution in [0.5, 0.6) is 0 Å². The Morgan fingerprint density at radius 3 is 2.95 bits per heavy atom. The first-order valence-corrected chi connectivity index (χ1v) is 7.50. The van der Waals surface area contributed by atoms with Crippen molar-refractivity contribution in [1.82, 2.24) is 9.97 Å². The minimum absolute atomic E-state index is 0.0324. The van der Waals surface area contributed by atoms with Crippen molar-refractivity contribution in [3.63, 3.8) is 0 Å². The number of anilines is 1. The number of nitro benzene ring substituents is 1. The number of nitro groups is 1. The van der Waals surface area contributed by atoms with Gasteiger partial charge in [-0.3, -0.25) is 10.1 Å². The van der Waals surface area contributed by atoms with Crippen LogP contribution in [0.15, 0.2) is 23.8 Å². The van der Waals surface area contributed by atoms with Crippen molar-refractivity contribution < 1.29 is 4.92 Å². The molecule has 0 radical (unpaired) electrons. The van der Waals surface area contributed by atoms with Gasteiger partial charge in [-0.25, -0.2) is 9.97 Å². The number of fused-ring (bicyclic) bond motifs is 1. The van der Waals surface area contributed by atoms with Crippen LogP contribution in [0, 0.1) is 17.0 Å². The molecule has 8 heteroatoms. The van der Waals surface area contributed by atoms with Gasteiger partial charge in [-0.05, 0) is 19.1 Å². The first-order valence-electron chi connectivity index (χ1n) is 5.81. The molecule has 1 aromatic carbocycles. The van der Waals surface area contributed by atoms with Gasteiger partial charge in [0.2, 0.25) is 0 Å². The van der Waals surface area contributed by atoms with Crippen LogP contribution in [0.4, 0.5) is 11.4 Å². The van der Waals surface area contributed by atoms with Crippen molar-refractivity contribution >= 4 is 44.3 Å². The number of aromatic nitrogens is 2. The summed E-state index contributed by atoms with van der Waals surface area (Å²) in [6.07, 6.45) is 1.78. The number of rotatable bonds is 4. The largest absolute Gasteiger partial charge is 0.374 e. The molecule has 3 rings (SSSR count). The number of aryl methyl sites for hydroxylation is 1. The lowest BCUT2D eigenvalue weighted by Crippen LogP contribution is -2.02. The molecule has 0 saturated heterocycles. The molecule has 2 aromatic heterocycles. The molecule has 0 spiro atoms. The van der Waals surface area contributed by atoms with E-state index in [-0.39, 0.29) is 10.6 Å². The average Bonchev–Trinajstić information content (AvgIpc) is 3.03. The zero-order valence-electron chi connectivity index (χ0n) is 10.5. The van der Waals surface area contributed by atoms with Gasteiger partial charge in [0.25, 0.3) is 0 Å². The smallest absolute Gasteiger partial charge is 0.319 e. The number of thiazole rings is 2. The van der Waals surface area contributed by atoms with Crippen LogP contribution in [-0.2, 0) is 6.54 Å². The summed E-state index contributed by atoms with van der Waals surface area (Å²) in [5.41, 5.74) is 2.57. The van der Waals surface area contributed by atoms with Gasteiger partial charge in [0.1, 0.15) is 5.69 Å². The Morgan fingerprint density at radius 1 is 1.40 bits per heavy atom. The summed E-state index contributed by atoms with van der Waals surface area (Å²) in [5.74, 6) is 0. The summed E-state index contributed by atoms with van der Waals surface area (Å²) < 4.78 is 0.816. The van der Waals surface area contributed by atoms with E-state index in [1.807, 2.05) is 13.0 Å². The van der Waals surface area contributed by atoms with E-state index in [1.54, 1.807) is 29.1 Å². The summed E-state index contributed by atoms with van der Waals surface area (Å²) in [6, 6.07) is 3.58. The molecule has 0 aliphatic carbocycles. The third-order valence-electron chi connectivity index (χ3n) is 2.78. The molecule has 0 aliphatic heterocycles. The Hall–Kier alpha value is -2.06. The number of nitrogens with zero attached hydrogens (tertiary/aromatic N) is 3. The minimum atomic E-state index is -0.387. The molecule has 0 fully saturated rings. The van der Waals surface area contributed by atoms with Crippen LogP contribution in [0.25, 0.3) is 10.2 Å². The summed E-state index contributed by atoms with van der Waals surface area (Å²) >= 11 is 2.96. The lowest BCUT2D eigenvalue weighted by Gasteiger charge is -2.05. The SMILES string of the molecule is Cc1ncc(CNc2ccc3scnc3c2[N+](=O)[O-])s1. The predicted molar refractivity (Wildman–Crippen MR) is 80.5 cm³/mol. The van der Waals surface area contributed by atoms with Crippen LogP contribution in [0.1, 0.15) is 9.88 Å². The maximum absolute atomic E-state index is 11.3. The fourth-order valence-corrected chi connectivity index (χ4v) is 3.33. The third-order valence-corrected chi connectivity index (χ3v) is 4.49. The van der Waals surface area contributed by atoms with Crippen molar-refractivity contribution in [3.05, 3.63) is 43.8 Å². The fourth-order valence-electron chi connectivity index (χ4n) is 1.91. The lowest BCUT2D eigenvalue weighted by atomic mass is 10.2. The molecule has 3 aromatic rings. The molecule has 1 N–H and O–H groups in total. The number of hydrogen-bond acceptors (Lipinski definition) is 7. The second-order valence-corrected chi connectivity index (χ2v) is 6.32. The van der Waals surface area contributed by atoms with Gasteiger partial charge in [0.15, 0.2) is 5.52 Å². The summed E-state index contributed by atoms with van der Waals surface area (Å²) in [4.78, 5) is 20.2. The standard InChI is InChI=1S/C12H10N4O2S2/c1-7-13-4-8(20-7)5-14-9-2-3-10-11(15-6-19-10)12(9)16(17)18/h2-4,6,14H,5H2,1H3. The Balaban J connectivity index is 1.94. The lowest BCUT2D eigenvalue weighted by molar-refractivity contribution is -0.382. The highest BCUT2D eigenvalue weighted by molar-refractivity contribution is 7.16. The average molecular weight is 306 g/mol. The first-order chi connectivity index (χ1) is 9.65. The molecule has 0 aliphatic rings. The van der Waals surface area contributed by atoms with E-state index in [1.165, 1.54) is 11.3 Å². The van der Waals surface area contributed by atoms with Crippen LogP contribution in [-0.4, -0.2) is 14.9 Å². The van der Waals surface area contributed by atoms with E-state index < -0.39 is 0 Å². The number of benzene rings is 1. The summed E-state index contributed by atoms with van der Waals surface area (Å²) in [5, 5.41) is 15.3. The van der Waals surface area contributed by atoms with Crippen molar-refractivity contribution in [2.45, 2.75) is 13.5 Å². The van der Waals surface area contributed by atoms with E-state index in [4.69, 9.17) is 0 Å². The molecular formula is C12H10N4O2S2.